The molecule has 0 saturated carbocycles. The summed E-state index contributed by atoms with van der Waals surface area (Å²) in [5, 5.41) is 0.548. The van der Waals surface area contributed by atoms with Crippen LogP contribution in [0.5, 0.6) is 11.5 Å². The van der Waals surface area contributed by atoms with Gasteiger partial charge >= 0.3 is 5.97 Å². The summed E-state index contributed by atoms with van der Waals surface area (Å²) in [4.78, 5) is 36.8. The summed E-state index contributed by atoms with van der Waals surface area (Å²) in [6, 6.07) is 16.5. The Kier molecular flexibility index (Phi) is 6.29. The topological polar surface area (TPSA) is 78.9 Å². The van der Waals surface area contributed by atoms with Crippen LogP contribution in [0.1, 0.15) is 42.2 Å². The van der Waals surface area contributed by atoms with E-state index >= 15 is 0 Å². The third kappa shape index (κ3) is 4.81. The number of benzene rings is 3. The molecule has 0 fully saturated rings. The molecule has 0 radical (unpaired) electrons. The lowest BCUT2D eigenvalue weighted by Crippen LogP contribution is -2.11. The van der Waals surface area contributed by atoms with Gasteiger partial charge in [0.2, 0.25) is 5.78 Å². The summed E-state index contributed by atoms with van der Waals surface area (Å²) in [6.07, 6.45) is 1.60. The molecule has 0 bridgehead atoms. The summed E-state index contributed by atoms with van der Waals surface area (Å²) in [7, 11) is 1.31. The quantitative estimate of drug-likeness (QED) is 0.280. The van der Waals surface area contributed by atoms with Crippen molar-refractivity contribution in [3.8, 4) is 11.5 Å². The largest absolute Gasteiger partial charge is 0.485 e. The number of hydrogen-bond acceptors (Lipinski definition) is 6. The normalized spacial score (nSPS) is 13.4. The lowest BCUT2D eigenvalue weighted by atomic mass is 10.0. The molecule has 33 heavy (non-hydrogen) atoms. The highest BCUT2D eigenvalue weighted by molar-refractivity contribution is 6.30. The number of hydrogen-bond donors (Lipinski definition) is 0. The molecule has 7 heteroatoms. The van der Waals surface area contributed by atoms with Gasteiger partial charge in [0.15, 0.2) is 18.1 Å². The van der Waals surface area contributed by atoms with Gasteiger partial charge < -0.3 is 14.2 Å². The highest BCUT2D eigenvalue weighted by Gasteiger charge is 2.30. The van der Waals surface area contributed by atoms with Crippen LogP contribution in [-0.4, -0.2) is 31.3 Å². The van der Waals surface area contributed by atoms with Gasteiger partial charge in [-0.25, -0.2) is 4.79 Å². The molecule has 0 spiro atoms. The fourth-order valence-corrected chi connectivity index (χ4v) is 3.54. The number of fused-ring (bicyclic) bond motifs is 1. The highest BCUT2D eigenvalue weighted by Crippen LogP contribution is 2.37. The van der Waals surface area contributed by atoms with Crippen molar-refractivity contribution in [2.24, 2.45) is 0 Å². The maximum Gasteiger partial charge on any atom is 0.337 e. The number of esters is 1. The van der Waals surface area contributed by atoms with E-state index in [0.29, 0.717) is 44.3 Å². The minimum atomic E-state index is -0.438. The summed E-state index contributed by atoms with van der Waals surface area (Å²) in [5.41, 5.74) is 2.72. The SMILES string of the molecule is COC(=O)c1ccc(/C=C2\Oc3cc(OCC(=O)c4ccc(Cl)cc4)cc(C)c3C2=O)cc1. The van der Waals surface area contributed by atoms with Gasteiger partial charge in [0.05, 0.1) is 18.2 Å². The first-order chi connectivity index (χ1) is 15.9. The van der Waals surface area contributed by atoms with Gasteiger partial charge in [0.25, 0.3) is 0 Å². The van der Waals surface area contributed by atoms with E-state index in [0.717, 1.165) is 0 Å². The Hall–Kier alpha value is -3.90. The van der Waals surface area contributed by atoms with E-state index in [4.69, 9.17) is 21.1 Å². The number of ketones is 2. The summed E-state index contributed by atoms with van der Waals surface area (Å²) in [5.74, 6) is 0.0679. The van der Waals surface area contributed by atoms with Crippen LogP contribution in [0.15, 0.2) is 66.4 Å². The van der Waals surface area contributed by atoms with Gasteiger partial charge in [-0.05, 0) is 66.6 Å². The van der Waals surface area contributed by atoms with Gasteiger partial charge in [-0.2, -0.15) is 0 Å². The Labute approximate surface area is 195 Å². The number of ether oxygens (including phenoxy) is 3. The molecular formula is C26H19ClO6. The van der Waals surface area contributed by atoms with Gasteiger partial charge in [-0.3, -0.25) is 9.59 Å². The van der Waals surface area contributed by atoms with E-state index in [1.54, 1.807) is 73.7 Å². The first-order valence-corrected chi connectivity index (χ1v) is 10.4. The molecule has 1 aliphatic heterocycles. The molecule has 0 aliphatic carbocycles. The second kappa shape index (κ2) is 9.30. The van der Waals surface area contributed by atoms with Crippen molar-refractivity contribution in [3.05, 3.63) is 99.3 Å². The summed E-state index contributed by atoms with van der Waals surface area (Å²) >= 11 is 5.85. The maximum absolute atomic E-state index is 12.9. The van der Waals surface area contributed by atoms with Crippen molar-refractivity contribution >= 4 is 35.2 Å². The first kappa shape index (κ1) is 22.3. The molecule has 4 rings (SSSR count). The number of Topliss-reactive ketones (excluding diaryl/α,β-unsaturated/α-hetero) is 2. The maximum atomic E-state index is 12.9. The average Bonchev–Trinajstić information content (AvgIpc) is 3.13. The smallest absolute Gasteiger partial charge is 0.337 e. The van der Waals surface area contributed by atoms with E-state index in [1.807, 2.05) is 0 Å². The Morgan fingerprint density at radius 3 is 2.33 bits per heavy atom. The monoisotopic (exact) mass is 462 g/mol. The van der Waals surface area contributed by atoms with Crippen LogP contribution in [0.4, 0.5) is 0 Å². The molecule has 0 amide bonds. The second-order valence-electron chi connectivity index (χ2n) is 7.39. The molecular weight excluding hydrogens is 444 g/mol. The standard InChI is InChI=1S/C26H19ClO6/c1-15-11-20(32-14-21(28)17-7-9-19(27)10-8-17)13-22-24(15)25(29)23(33-22)12-16-3-5-18(6-4-16)26(30)31-2/h3-13H,14H2,1-2H3/b23-12-. The lowest BCUT2D eigenvalue weighted by molar-refractivity contribution is 0.0600. The van der Waals surface area contributed by atoms with Crippen molar-refractivity contribution in [3.63, 3.8) is 0 Å². The Morgan fingerprint density at radius 1 is 1.00 bits per heavy atom. The number of carbonyl (C=O) groups is 3. The number of carbonyl (C=O) groups excluding carboxylic acids is 3. The van der Waals surface area contributed by atoms with Crippen LogP contribution in [0.25, 0.3) is 6.08 Å². The van der Waals surface area contributed by atoms with Crippen LogP contribution in [0.2, 0.25) is 5.02 Å². The number of methoxy groups -OCH3 is 1. The fraction of sp³-hybridized carbons (Fsp3) is 0.115. The Bertz CT molecular complexity index is 1270. The molecule has 0 aromatic heterocycles. The zero-order chi connectivity index (χ0) is 23.5. The van der Waals surface area contributed by atoms with Crippen molar-refractivity contribution in [1.29, 1.82) is 0 Å². The van der Waals surface area contributed by atoms with Crippen LogP contribution < -0.4 is 9.47 Å². The van der Waals surface area contributed by atoms with Gasteiger partial charge in [0.1, 0.15) is 11.5 Å². The van der Waals surface area contributed by atoms with Crippen molar-refractivity contribution in [2.75, 3.05) is 13.7 Å². The number of halogens is 1. The molecule has 1 heterocycles. The lowest BCUT2D eigenvalue weighted by Gasteiger charge is -2.09. The predicted octanol–water partition coefficient (Wildman–Crippen LogP) is 5.31. The first-order valence-electron chi connectivity index (χ1n) is 10.0. The third-order valence-electron chi connectivity index (χ3n) is 5.11. The van der Waals surface area contributed by atoms with Crippen LogP contribution in [0, 0.1) is 6.92 Å². The summed E-state index contributed by atoms with van der Waals surface area (Å²) < 4.78 is 16.1. The van der Waals surface area contributed by atoms with Crippen molar-refractivity contribution in [1.82, 2.24) is 0 Å². The minimum Gasteiger partial charge on any atom is -0.485 e. The number of rotatable bonds is 6. The Morgan fingerprint density at radius 2 is 1.67 bits per heavy atom. The highest BCUT2D eigenvalue weighted by atomic mass is 35.5. The molecule has 6 nitrogen and oxygen atoms in total. The fourth-order valence-electron chi connectivity index (χ4n) is 3.41. The molecule has 0 unspecified atom stereocenters. The van der Waals surface area contributed by atoms with Gasteiger partial charge in [0, 0.05) is 16.7 Å². The van der Waals surface area contributed by atoms with Crippen LogP contribution in [-0.2, 0) is 4.74 Å². The van der Waals surface area contributed by atoms with Crippen LogP contribution in [0.3, 0.4) is 0 Å². The van der Waals surface area contributed by atoms with E-state index in [-0.39, 0.29) is 23.9 Å². The van der Waals surface area contributed by atoms with E-state index < -0.39 is 5.97 Å². The molecule has 3 aromatic carbocycles. The van der Waals surface area contributed by atoms with Crippen LogP contribution >= 0.6 is 11.6 Å². The Balaban J connectivity index is 1.49. The second-order valence-corrected chi connectivity index (χ2v) is 7.82. The van der Waals surface area contributed by atoms with E-state index in [9.17, 15) is 14.4 Å². The zero-order valence-corrected chi connectivity index (χ0v) is 18.6. The molecule has 166 valence electrons. The van der Waals surface area contributed by atoms with E-state index in [1.165, 1.54) is 7.11 Å². The minimum absolute atomic E-state index is 0.160. The van der Waals surface area contributed by atoms with Crippen molar-refractivity contribution < 1.29 is 28.6 Å². The van der Waals surface area contributed by atoms with Gasteiger partial charge in [-0.15, -0.1) is 0 Å². The molecule has 0 saturated heterocycles. The zero-order valence-electron chi connectivity index (χ0n) is 17.9. The molecule has 0 atom stereocenters. The molecule has 1 aliphatic rings. The van der Waals surface area contributed by atoms with E-state index in [2.05, 4.69) is 4.74 Å². The van der Waals surface area contributed by atoms with Gasteiger partial charge in [-0.1, -0.05) is 23.7 Å². The molecule has 3 aromatic rings. The number of aryl methyl sites for hydroxylation is 1. The molecule has 0 N–H and O–H groups in total. The predicted molar refractivity (Wildman–Crippen MR) is 123 cm³/mol. The number of allylic oxidation sites excluding steroid dienone is 1. The average molecular weight is 463 g/mol. The third-order valence-corrected chi connectivity index (χ3v) is 5.36. The summed E-state index contributed by atoms with van der Waals surface area (Å²) in [6.45, 7) is 1.62. The van der Waals surface area contributed by atoms with Crippen molar-refractivity contribution in [2.45, 2.75) is 6.92 Å².